The molecule has 0 saturated carbocycles. The Morgan fingerprint density at radius 3 is 2.42 bits per heavy atom. The van der Waals surface area contributed by atoms with Gasteiger partial charge in [0.1, 0.15) is 0 Å². The molecule has 120 valence electrons. The third-order valence-corrected chi connectivity index (χ3v) is 5.69. The van der Waals surface area contributed by atoms with E-state index >= 15 is 0 Å². The third kappa shape index (κ3) is 3.17. The molecule has 0 radical (unpaired) electrons. The molecule has 4 aromatic rings. The molecule has 0 amide bonds. The van der Waals surface area contributed by atoms with Crippen LogP contribution in [0.25, 0.3) is 16.2 Å². The molecule has 0 aliphatic heterocycles. The van der Waals surface area contributed by atoms with Gasteiger partial charge in [-0.3, -0.25) is 4.40 Å². The van der Waals surface area contributed by atoms with Gasteiger partial charge in [0.25, 0.3) is 0 Å². The minimum atomic E-state index is 0.578. The zero-order valence-electron chi connectivity index (χ0n) is 12.3. The molecule has 2 nitrogen and oxygen atoms in total. The fraction of sp³-hybridized carbons (Fsp3) is 0.0556. The highest BCUT2D eigenvalue weighted by Gasteiger charge is 2.09. The fourth-order valence-electron chi connectivity index (χ4n) is 2.54. The SMILES string of the molecule is Clc1ccc(-c2cn3cc(Cc4ccc(Cl)c(Cl)c4)sc3n2)cc1. The molecule has 0 atom stereocenters. The maximum absolute atomic E-state index is 6.08. The van der Waals surface area contributed by atoms with Crippen molar-refractivity contribution < 1.29 is 0 Å². The Morgan fingerprint density at radius 2 is 1.71 bits per heavy atom. The Kier molecular flexibility index (Phi) is 4.27. The number of benzene rings is 2. The number of thiazole rings is 1. The maximum atomic E-state index is 6.08. The van der Waals surface area contributed by atoms with Crippen molar-refractivity contribution >= 4 is 51.1 Å². The summed E-state index contributed by atoms with van der Waals surface area (Å²) in [7, 11) is 0. The fourth-order valence-corrected chi connectivity index (χ4v) is 3.98. The van der Waals surface area contributed by atoms with E-state index in [4.69, 9.17) is 39.8 Å². The van der Waals surface area contributed by atoms with Crippen molar-refractivity contribution in [2.75, 3.05) is 0 Å². The second kappa shape index (κ2) is 6.41. The Balaban J connectivity index is 1.61. The lowest BCUT2D eigenvalue weighted by atomic mass is 10.1. The number of rotatable bonds is 3. The van der Waals surface area contributed by atoms with E-state index in [1.54, 1.807) is 11.3 Å². The number of nitrogens with zero attached hydrogens (tertiary/aromatic N) is 2. The number of imidazole rings is 1. The van der Waals surface area contributed by atoms with Crippen LogP contribution >= 0.6 is 46.1 Å². The summed E-state index contributed by atoms with van der Waals surface area (Å²) in [5, 5.41) is 1.89. The van der Waals surface area contributed by atoms with E-state index in [2.05, 4.69) is 10.6 Å². The Bertz CT molecular complexity index is 987. The molecule has 2 aromatic heterocycles. The first-order chi connectivity index (χ1) is 11.6. The molecule has 0 aliphatic rings. The van der Waals surface area contributed by atoms with E-state index in [1.165, 1.54) is 4.88 Å². The first-order valence-corrected chi connectivity index (χ1v) is 9.21. The van der Waals surface area contributed by atoms with Gasteiger partial charge in [-0.2, -0.15) is 0 Å². The summed E-state index contributed by atoms with van der Waals surface area (Å²) in [4.78, 5) is 6.89. The lowest BCUT2D eigenvalue weighted by Crippen LogP contribution is -1.85. The number of halogens is 3. The van der Waals surface area contributed by atoms with Gasteiger partial charge in [0.15, 0.2) is 4.96 Å². The Labute approximate surface area is 158 Å². The van der Waals surface area contributed by atoms with Gasteiger partial charge in [-0.25, -0.2) is 4.98 Å². The van der Waals surface area contributed by atoms with E-state index < -0.39 is 0 Å². The number of aromatic nitrogens is 2. The molecular weight excluding hydrogens is 383 g/mol. The largest absolute Gasteiger partial charge is 0.297 e. The van der Waals surface area contributed by atoms with Crippen LogP contribution in [-0.2, 0) is 6.42 Å². The smallest absolute Gasteiger partial charge is 0.194 e. The van der Waals surface area contributed by atoms with Gasteiger partial charge in [-0.05, 0) is 29.8 Å². The summed E-state index contributed by atoms with van der Waals surface area (Å²) in [6, 6.07) is 13.4. The van der Waals surface area contributed by atoms with Crippen molar-refractivity contribution in [2.45, 2.75) is 6.42 Å². The van der Waals surface area contributed by atoms with Gasteiger partial charge in [0.2, 0.25) is 0 Å². The van der Waals surface area contributed by atoms with Crippen molar-refractivity contribution in [3.8, 4) is 11.3 Å². The highest BCUT2D eigenvalue weighted by molar-refractivity contribution is 7.17. The molecule has 6 heteroatoms. The van der Waals surface area contributed by atoms with Crippen molar-refractivity contribution in [3.63, 3.8) is 0 Å². The molecule has 0 aliphatic carbocycles. The average Bonchev–Trinajstić information content (AvgIpc) is 3.10. The van der Waals surface area contributed by atoms with Crippen molar-refractivity contribution in [1.29, 1.82) is 0 Å². The molecule has 0 fully saturated rings. The number of fused-ring (bicyclic) bond motifs is 1. The van der Waals surface area contributed by atoms with E-state index in [0.717, 1.165) is 33.2 Å². The normalized spacial score (nSPS) is 11.3. The Morgan fingerprint density at radius 1 is 0.917 bits per heavy atom. The molecule has 2 heterocycles. The van der Waals surface area contributed by atoms with Gasteiger partial charge in [-0.15, -0.1) is 11.3 Å². The molecule has 0 unspecified atom stereocenters. The minimum Gasteiger partial charge on any atom is -0.297 e. The van der Waals surface area contributed by atoms with Crippen LogP contribution in [0.2, 0.25) is 15.1 Å². The summed E-state index contributed by atoms with van der Waals surface area (Å²) in [6.45, 7) is 0. The third-order valence-electron chi connectivity index (χ3n) is 3.71. The van der Waals surface area contributed by atoms with Gasteiger partial charge in [0.05, 0.1) is 15.7 Å². The first kappa shape index (κ1) is 16.0. The molecule has 0 spiro atoms. The van der Waals surface area contributed by atoms with Gasteiger partial charge in [0, 0.05) is 34.3 Å². The van der Waals surface area contributed by atoms with Crippen LogP contribution in [0.5, 0.6) is 0 Å². The molecule has 0 N–H and O–H groups in total. The van der Waals surface area contributed by atoms with Crippen molar-refractivity contribution in [3.05, 3.63) is 80.4 Å². The Hall–Kier alpha value is -1.52. The van der Waals surface area contributed by atoms with Crippen molar-refractivity contribution in [1.82, 2.24) is 9.38 Å². The van der Waals surface area contributed by atoms with Crippen LogP contribution in [0.1, 0.15) is 10.4 Å². The summed E-state index contributed by atoms with van der Waals surface area (Å²) in [6.07, 6.45) is 4.95. The van der Waals surface area contributed by atoms with Gasteiger partial charge in [-0.1, -0.05) is 53.0 Å². The zero-order valence-corrected chi connectivity index (χ0v) is 15.4. The second-order valence-corrected chi connectivity index (χ2v) is 7.79. The monoisotopic (exact) mass is 392 g/mol. The van der Waals surface area contributed by atoms with E-state index in [-0.39, 0.29) is 0 Å². The molecule has 0 bridgehead atoms. The minimum absolute atomic E-state index is 0.578. The molecule has 0 saturated heterocycles. The number of hydrogen-bond acceptors (Lipinski definition) is 2. The first-order valence-electron chi connectivity index (χ1n) is 7.26. The standard InChI is InChI=1S/C18H11Cl3N2S/c19-13-4-2-12(3-5-13)17-10-23-9-14(24-18(23)22-17)7-11-1-6-15(20)16(21)8-11/h1-6,8-10H,7H2. The lowest BCUT2D eigenvalue weighted by molar-refractivity contribution is 1.16. The predicted molar refractivity (Wildman–Crippen MR) is 103 cm³/mol. The summed E-state index contributed by atoms with van der Waals surface area (Å²) in [5.41, 5.74) is 3.13. The summed E-state index contributed by atoms with van der Waals surface area (Å²) >= 11 is 19.7. The zero-order chi connectivity index (χ0) is 16.7. The molecule has 2 aromatic carbocycles. The van der Waals surface area contributed by atoms with Crippen LogP contribution in [0.3, 0.4) is 0 Å². The molecular formula is C18H11Cl3N2S. The average molecular weight is 394 g/mol. The van der Waals surface area contributed by atoms with Gasteiger partial charge < -0.3 is 0 Å². The van der Waals surface area contributed by atoms with Crippen LogP contribution in [-0.4, -0.2) is 9.38 Å². The molecule has 4 rings (SSSR count). The van der Waals surface area contributed by atoms with E-state index in [1.807, 2.05) is 48.7 Å². The molecule has 24 heavy (non-hydrogen) atoms. The highest BCUT2D eigenvalue weighted by atomic mass is 35.5. The quantitative estimate of drug-likeness (QED) is 0.382. The topological polar surface area (TPSA) is 17.3 Å². The van der Waals surface area contributed by atoms with E-state index in [9.17, 15) is 0 Å². The lowest BCUT2D eigenvalue weighted by Gasteiger charge is -2.01. The summed E-state index contributed by atoms with van der Waals surface area (Å²) < 4.78 is 2.06. The van der Waals surface area contributed by atoms with E-state index in [0.29, 0.717) is 10.0 Å². The van der Waals surface area contributed by atoms with Crippen LogP contribution in [0.15, 0.2) is 54.9 Å². The number of hydrogen-bond donors (Lipinski definition) is 0. The second-order valence-electron chi connectivity index (χ2n) is 5.45. The highest BCUT2D eigenvalue weighted by Crippen LogP contribution is 2.28. The summed E-state index contributed by atoms with van der Waals surface area (Å²) in [5.74, 6) is 0. The van der Waals surface area contributed by atoms with Crippen LogP contribution < -0.4 is 0 Å². The van der Waals surface area contributed by atoms with Gasteiger partial charge >= 0.3 is 0 Å². The maximum Gasteiger partial charge on any atom is 0.194 e. The van der Waals surface area contributed by atoms with Crippen LogP contribution in [0, 0.1) is 0 Å². The van der Waals surface area contributed by atoms with Crippen molar-refractivity contribution in [2.24, 2.45) is 0 Å². The van der Waals surface area contributed by atoms with Crippen LogP contribution in [0.4, 0.5) is 0 Å². The predicted octanol–water partition coefficient (Wildman–Crippen LogP) is 6.61.